The molecule has 1 saturated carbocycles. The number of carbonyl (C=O) groups excluding carboxylic acids is 1. The van der Waals surface area contributed by atoms with Gasteiger partial charge in [0.05, 0.1) is 30.1 Å². The number of furan rings is 1. The third-order valence-corrected chi connectivity index (χ3v) is 5.96. The summed E-state index contributed by atoms with van der Waals surface area (Å²) >= 11 is 0. The molecule has 0 saturated heterocycles. The van der Waals surface area contributed by atoms with Gasteiger partial charge in [-0.2, -0.15) is 0 Å². The maximum atomic E-state index is 12.4. The predicted octanol–water partition coefficient (Wildman–Crippen LogP) is 4.18. The van der Waals surface area contributed by atoms with Gasteiger partial charge in [0.1, 0.15) is 11.6 Å². The molecule has 2 N–H and O–H groups in total. The highest BCUT2D eigenvalue weighted by molar-refractivity contribution is 5.97. The number of carboxylic acids is 1. The molecule has 2 atom stereocenters. The van der Waals surface area contributed by atoms with Gasteiger partial charge < -0.3 is 19.4 Å². The number of fused-ring (bicyclic) bond motifs is 1. The van der Waals surface area contributed by atoms with Crippen molar-refractivity contribution in [1.29, 1.82) is 0 Å². The van der Waals surface area contributed by atoms with Crippen LogP contribution in [0, 0.1) is 5.92 Å². The van der Waals surface area contributed by atoms with E-state index in [0.29, 0.717) is 23.9 Å². The van der Waals surface area contributed by atoms with Crippen molar-refractivity contribution in [2.75, 3.05) is 6.54 Å². The zero-order chi connectivity index (χ0) is 21.1. The molecule has 2 unspecified atom stereocenters. The largest absolute Gasteiger partial charge is 0.481 e. The minimum Gasteiger partial charge on any atom is -0.481 e. The van der Waals surface area contributed by atoms with E-state index in [2.05, 4.69) is 16.8 Å². The van der Waals surface area contributed by atoms with Gasteiger partial charge in [-0.1, -0.05) is 19.8 Å². The van der Waals surface area contributed by atoms with Crippen LogP contribution < -0.4 is 5.32 Å². The lowest BCUT2D eigenvalue weighted by Crippen LogP contribution is -2.26. The molecule has 1 aliphatic carbocycles. The number of benzene rings is 1. The fourth-order valence-electron chi connectivity index (χ4n) is 4.42. The van der Waals surface area contributed by atoms with E-state index in [1.807, 2.05) is 18.2 Å². The SMILES string of the molecule is CC1CCCCC1n1c(Cc2ccco2)nc2cc(C(=O)NCCC(=O)O)ccc21. The number of aliphatic carboxylic acids is 1. The van der Waals surface area contributed by atoms with Crippen LogP contribution in [-0.2, 0) is 11.2 Å². The molecular weight excluding hydrogens is 382 g/mol. The van der Waals surface area contributed by atoms with E-state index in [1.165, 1.54) is 19.3 Å². The van der Waals surface area contributed by atoms with E-state index in [-0.39, 0.29) is 18.9 Å². The zero-order valence-corrected chi connectivity index (χ0v) is 17.1. The third-order valence-electron chi connectivity index (χ3n) is 5.96. The van der Waals surface area contributed by atoms with E-state index in [9.17, 15) is 9.59 Å². The van der Waals surface area contributed by atoms with Crippen molar-refractivity contribution < 1.29 is 19.1 Å². The van der Waals surface area contributed by atoms with Crippen LogP contribution in [0.4, 0.5) is 0 Å². The van der Waals surface area contributed by atoms with E-state index in [4.69, 9.17) is 14.5 Å². The van der Waals surface area contributed by atoms with Gasteiger partial charge in [-0.15, -0.1) is 0 Å². The van der Waals surface area contributed by atoms with Crippen molar-refractivity contribution >= 4 is 22.9 Å². The molecule has 7 heteroatoms. The van der Waals surface area contributed by atoms with Gasteiger partial charge in [-0.25, -0.2) is 4.98 Å². The van der Waals surface area contributed by atoms with Crippen LogP contribution in [0.1, 0.15) is 67.0 Å². The van der Waals surface area contributed by atoms with Gasteiger partial charge in [0.2, 0.25) is 0 Å². The molecule has 3 aromatic rings. The highest BCUT2D eigenvalue weighted by atomic mass is 16.4. The number of rotatable bonds is 7. The van der Waals surface area contributed by atoms with Crippen LogP contribution in [-0.4, -0.2) is 33.1 Å². The Morgan fingerprint density at radius 2 is 2.10 bits per heavy atom. The maximum Gasteiger partial charge on any atom is 0.305 e. The Labute approximate surface area is 175 Å². The summed E-state index contributed by atoms with van der Waals surface area (Å²) in [4.78, 5) is 28.0. The topological polar surface area (TPSA) is 97.4 Å². The Bertz CT molecular complexity index is 1040. The molecule has 0 aliphatic heterocycles. The standard InChI is InChI=1S/C23H27N3O4/c1-15-5-2-3-7-19(15)26-20-9-8-16(23(29)24-11-10-22(27)28)13-18(20)25-21(26)14-17-6-4-12-30-17/h4,6,8-9,12-13,15,19H,2-3,5,7,10-11,14H2,1H3,(H,24,29)(H,27,28). The summed E-state index contributed by atoms with van der Waals surface area (Å²) in [5, 5.41) is 11.4. The molecule has 4 rings (SSSR count). The molecule has 2 heterocycles. The third kappa shape index (κ3) is 4.25. The summed E-state index contributed by atoms with van der Waals surface area (Å²) in [5.41, 5.74) is 2.29. The number of carbonyl (C=O) groups is 2. The molecular formula is C23H27N3O4. The minimum atomic E-state index is -0.936. The quantitative estimate of drug-likeness (QED) is 0.610. The monoisotopic (exact) mass is 409 g/mol. The molecule has 1 aromatic carbocycles. The highest BCUT2D eigenvalue weighted by Crippen LogP contribution is 2.37. The molecule has 1 fully saturated rings. The first-order chi connectivity index (χ1) is 14.5. The second kappa shape index (κ2) is 8.73. The lowest BCUT2D eigenvalue weighted by Gasteiger charge is -2.31. The summed E-state index contributed by atoms with van der Waals surface area (Å²) in [6.45, 7) is 2.40. The molecule has 1 aliphatic rings. The molecule has 2 aromatic heterocycles. The lowest BCUT2D eigenvalue weighted by molar-refractivity contribution is -0.136. The van der Waals surface area contributed by atoms with Crippen molar-refractivity contribution in [2.45, 2.75) is 51.5 Å². The van der Waals surface area contributed by atoms with Crippen LogP contribution >= 0.6 is 0 Å². The van der Waals surface area contributed by atoms with Gasteiger partial charge >= 0.3 is 5.97 Å². The molecule has 0 spiro atoms. The smallest absolute Gasteiger partial charge is 0.305 e. The summed E-state index contributed by atoms with van der Waals surface area (Å²) in [6, 6.07) is 9.76. The van der Waals surface area contributed by atoms with Crippen LogP contribution in [0.25, 0.3) is 11.0 Å². The first kappa shape index (κ1) is 20.2. The van der Waals surface area contributed by atoms with Crippen molar-refractivity contribution in [3.63, 3.8) is 0 Å². The molecule has 0 radical (unpaired) electrons. The second-order valence-corrected chi connectivity index (χ2v) is 8.09. The van der Waals surface area contributed by atoms with Crippen molar-refractivity contribution in [3.8, 4) is 0 Å². The summed E-state index contributed by atoms with van der Waals surface area (Å²) in [7, 11) is 0. The number of hydrogen-bond donors (Lipinski definition) is 2. The molecule has 30 heavy (non-hydrogen) atoms. The Morgan fingerprint density at radius 3 is 2.83 bits per heavy atom. The van der Waals surface area contributed by atoms with Crippen LogP contribution in [0.2, 0.25) is 0 Å². The second-order valence-electron chi connectivity index (χ2n) is 8.09. The average Bonchev–Trinajstić information content (AvgIpc) is 3.35. The van der Waals surface area contributed by atoms with Gasteiger partial charge in [0, 0.05) is 18.2 Å². The van der Waals surface area contributed by atoms with Crippen molar-refractivity contribution in [3.05, 3.63) is 53.7 Å². The lowest BCUT2D eigenvalue weighted by atomic mass is 9.85. The number of nitrogens with one attached hydrogen (secondary N) is 1. The number of aromatic nitrogens is 2. The number of carboxylic acid groups (broad SMARTS) is 1. The Balaban J connectivity index is 1.68. The zero-order valence-electron chi connectivity index (χ0n) is 17.1. The Kier molecular flexibility index (Phi) is 5.88. The maximum absolute atomic E-state index is 12.4. The van der Waals surface area contributed by atoms with Crippen LogP contribution in [0.3, 0.4) is 0 Å². The van der Waals surface area contributed by atoms with Gasteiger partial charge in [-0.3, -0.25) is 9.59 Å². The normalized spacial score (nSPS) is 19.1. The van der Waals surface area contributed by atoms with E-state index in [0.717, 1.165) is 29.0 Å². The first-order valence-corrected chi connectivity index (χ1v) is 10.6. The van der Waals surface area contributed by atoms with Crippen molar-refractivity contribution in [1.82, 2.24) is 14.9 Å². The van der Waals surface area contributed by atoms with Crippen LogP contribution in [0.5, 0.6) is 0 Å². The van der Waals surface area contributed by atoms with Crippen molar-refractivity contribution in [2.24, 2.45) is 5.92 Å². The molecule has 7 nitrogen and oxygen atoms in total. The first-order valence-electron chi connectivity index (χ1n) is 10.6. The summed E-state index contributed by atoms with van der Waals surface area (Å²) < 4.78 is 7.90. The van der Waals surface area contributed by atoms with E-state index < -0.39 is 5.97 Å². The average molecular weight is 409 g/mol. The summed E-state index contributed by atoms with van der Waals surface area (Å²) in [5.74, 6) is 1.15. The van der Waals surface area contributed by atoms with E-state index in [1.54, 1.807) is 18.4 Å². The Morgan fingerprint density at radius 1 is 1.27 bits per heavy atom. The number of hydrogen-bond acceptors (Lipinski definition) is 4. The number of nitrogens with zero attached hydrogens (tertiary/aromatic N) is 2. The fraction of sp³-hybridized carbons (Fsp3) is 0.435. The molecule has 1 amide bonds. The van der Waals surface area contributed by atoms with E-state index >= 15 is 0 Å². The highest BCUT2D eigenvalue weighted by Gasteiger charge is 2.27. The minimum absolute atomic E-state index is 0.101. The molecule has 158 valence electrons. The summed E-state index contributed by atoms with van der Waals surface area (Å²) in [6.07, 6.45) is 6.97. The van der Waals surface area contributed by atoms with Gasteiger partial charge in [-0.05, 0) is 49.1 Å². The number of amides is 1. The predicted molar refractivity (Wildman–Crippen MR) is 113 cm³/mol. The van der Waals surface area contributed by atoms with Gasteiger partial charge in [0.15, 0.2) is 0 Å². The fourth-order valence-corrected chi connectivity index (χ4v) is 4.42. The number of imidazole rings is 1. The van der Waals surface area contributed by atoms with Gasteiger partial charge in [0.25, 0.3) is 5.91 Å². The molecule has 0 bridgehead atoms. The Hall–Kier alpha value is -3.09. The van der Waals surface area contributed by atoms with Crippen LogP contribution in [0.15, 0.2) is 41.0 Å².